The maximum Gasteiger partial charge on any atom is 0.144 e. The zero-order chi connectivity index (χ0) is 15.0. The molecule has 0 amide bonds. The molecule has 0 radical (unpaired) electrons. The van der Waals surface area contributed by atoms with Gasteiger partial charge in [0, 0.05) is 19.4 Å². The molecule has 21 heavy (non-hydrogen) atoms. The van der Waals surface area contributed by atoms with Gasteiger partial charge in [-0.15, -0.1) is 0 Å². The molecule has 0 aliphatic heterocycles. The molecule has 0 saturated heterocycles. The van der Waals surface area contributed by atoms with E-state index in [4.69, 9.17) is 28.2 Å². The van der Waals surface area contributed by atoms with Crippen LogP contribution in [0.25, 0.3) is 0 Å². The lowest BCUT2D eigenvalue weighted by Crippen LogP contribution is -2.06. The molecule has 1 aliphatic carbocycles. The molecule has 0 atom stereocenters. The van der Waals surface area contributed by atoms with Gasteiger partial charge >= 0.3 is 0 Å². The first-order chi connectivity index (χ1) is 10.1. The maximum atomic E-state index is 6.06. The Morgan fingerprint density at radius 3 is 2.62 bits per heavy atom. The largest absolute Gasteiger partial charge is 0.372 e. The Bertz CT molecular complexity index is 687. The van der Waals surface area contributed by atoms with Crippen LogP contribution in [0.4, 0.5) is 5.82 Å². The van der Waals surface area contributed by atoms with Crippen molar-refractivity contribution in [3.05, 3.63) is 49.8 Å². The van der Waals surface area contributed by atoms with Crippen molar-refractivity contribution >= 4 is 44.9 Å². The first kappa shape index (κ1) is 15.1. The summed E-state index contributed by atoms with van der Waals surface area (Å²) >= 11 is 15.6. The van der Waals surface area contributed by atoms with Crippen molar-refractivity contribution in [2.45, 2.75) is 25.2 Å². The summed E-state index contributed by atoms with van der Waals surface area (Å²) in [6.45, 7) is 0. The highest BCUT2D eigenvalue weighted by Crippen LogP contribution is 2.43. The first-order valence-electron chi connectivity index (χ1n) is 6.76. The van der Waals surface area contributed by atoms with E-state index in [2.05, 4.69) is 26.2 Å². The zero-order valence-electron chi connectivity index (χ0n) is 11.5. The number of benzene rings is 1. The van der Waals surface area contributed by atoms with E-state index in [0.717, 1.165) is 27.4 Å². The standard InChI is InChI=1S/C15H14BrCl2N3/c1-19-15-13(16)14(9-3-4-9)20-12(21-15)7-8-2-5-10(17)11(18)6-8/h2,5-6,9H,3-4,7H2,1H3,(H,19,20,21). The number of rotatable bonds is 4. The molecular weight excluding hydrogens is 373 g/mol. The summed E-state index contributed by atoms with van der Waals surface area (Å²) in [4.78, 5) is 9.28. The Morgan fingerprint density at radius 1 is 1.24 bits per heavy atom. The van der Waals surface area contributed by atoms with E-state index in [9.17, 15) is 0 Å². The summed E-state index contributed by atoms with van der Waals surface area (Å²) in [5, 5.41) is 4.24. The molecule has 1 N–H and O–H groups in total. The molecule has 0 unspecified atom stereocenters. The van der Waals surface area contributed by atoms with Crippen LogP contribution in [-0.2, 0) is 6.42 Å². The fraction of sp³-hybridized carbons (Fsp3) is 0.333. The van der Waals surface area contributed by atoms with E-state index < -0.39 is 0 Å². The Labute approximate surface area is 142 Å². The van der Waals surface area contributed by atoms with Crippen LogP contribution in [0.3, 0.4) is 0 Å². The quantitative estimate of drug-likeness (QED) is 0.798. The summed E-state index contributed by atoms with van der Waals surface area (Å²) in [7, 11) is 1.87. The molecule has 3 rings (SSSR count). The molecule has 6 heteroatoms. The van der Waals surface area contributed by atoms with Gasteiger partial charge in [0.05, 0.1) is 20.2 Å². The summed E-state index contributed by atoms with van der Waals surface area (Å²) in [6, 6.07) is 5.62. The average Bonchev–Trinajstić information content (AvgIpc) is 3.29. The fourth-order valence-corrected chi connectivity index (χ4v) is 3.24. The second-order valence-electron chi connectivity index (χ2n) is 5.14. The van der Waals surface area contributed by atoms with Crippen LogP contribution in [0.5, 0.6) is 0 Å². The second-order valence-corrected chi connectivity index (χ2v) is 6.74. The van der Waals surface area contributed by atoms with E-state index >= 15 is 0 Å². The summed E-state index contributed by atoms with van der Waals surface area (Å²) in [5.41, 5.74) is 2.15. The van der Waals surface area contributed by atoms with Crippen molar-refractivity contribution in [3.63, 3.8) is 0 Å². The van der Waals surface area contributed by atoms with Crippen molar-refractivity contribution < 1.29 is 0 Å². The van der Waals surface area contributed by atoms with Crippen molar-refractivity contribution in [1.29, 1.82) is 0 Å². The minimum atomic E-state index is 0.557. The third-order valence-electron chi connectivity index (χ3n) is 3.47. The predicted molar refractivity (Wildman–Crippen MR) is 90.5 cm³/mol. The zero-order valence-corrected chi connectivity index (χ0v) is 14.6. The number of hydrogen-bond acceptors (Lipinski definition) is 3. The van der Waals surface area contributed by atoms with Gasteiger partial charge in [-0.05, 0) is 46.5 Å². The summed E-state index contributed by atoms with van der Waals surface area (Å²) in [6.07, 6.45) is 3.04. The van der Waals surface area contributed by atoms with E-state index in [0.29, 0.717) is 22.4 Å². The molecule has 1 heterocycles. The third-order valence-corrected chi connectivity index (χ3v) is 4.99. The number of hydrogen-bond donors (Lipinski definition) is 1. The molecule has 3 nitrogen and oxygen atoms in total. The molecule has 1 aromatic carbocycles. The Kier molecular flexibility index (Phi) is 4.38. The van der Waals surface area contributed by atoms with Crippen LogP contribution in [0.15, 0.2) is 22.7 Å². The third kappa shape index (κ3) is 3.33. The van der Waals surface area contributed by atoms with Crippen LogP contribution in [0.1, 0.15) is 35.8 Å². The predicted octanol–water partition coefficient (Wildman–Crippen LogP) is 5.06. The second kappa shape index (κ2) is 6.11. The first-order valence-corrected chi connectivity index (χ1v) is 8.31. The van der Waals surface area contributed by atoms with E-state index in [1.165, 1.54) is 12.8 Å². The monoisotopic (exact) mass is 385 g/mol. The number of halogens is 3. The Morgan fingerprint density at radius 2 is 2.00 bits per heavy atom. The fourth-order valence-electron chi connectivity index (χ4n) is 2.22. The number of nitrogens with zero attached hydrogens (tertiary/aromatic N) is 2. The molecule has 2 aromatic rings. The van der Waals surface area contributed by atoms with Gasteiger partial charge in [-0.3, -0.25) is 0 Å². The normalized spacial score (nSPS) is 14.3. The number of anilines is 1. The number of nitrogens with one attached hydrogen (secondary N) is 1. The SMILES string of the molecule is CNc1nc(Cc2ccc(Cl)c(Cl)c2)nc(C2CC2)c1Br. The summed E-state index contributed by atoms with van der Waals surface area (Å²) in [5.74, 6) is 2.19. The van der Waals surface area contributed by atoms with Crippen LogP contribution >= 0.6 is 39.1 Å². The van der Waals surface area contributed by atoms with Gasteiger partial charge in [0.25, 0.3) is 0 Å². The Balaban J connectivity index is 1.94. The summed E-state index contributed by atoms with van der Waals surface area (Å²) < 4.78 is 0.977. The molecule has 1 aliphatic rings. The lowest BCUT2D eigenvalue weighted by molar-refractivity contribution is 0.892. The van der Waals surface area contributed by atoms with Crippen LogP contribution in [-0.4, -0.2) is 17.0 Å². The van der Waals surface area contributed by atoms with Crippen LogP contribution in [0.2, 0.25) is 10.0 Å². The van der Waals surface area contributed by atoms with Gasteiger partial charge in [-0.2, -0.15) is 0 Å². The van der Waals surface area contributed by atoms with Gasteiger partial charge in [0.2, 0.25) is 0 Å². The van der Waals surface area contributed by atoms with E-state index in [1.807, 2.05) is 19.2 Å². The molecular formula is C15H14BrCl2N3. The van der Waals surface area contributed by atoms with Crippen LogP contribution in [0, 0.1) is 0 Å². The van der Waals surface area contributed by atoms with E-state index in [1.54, 1.807) is 6.07 Å². The highest BCUT2D eigenvalue weighted by molar-refractivity contribution is 9.10. The highest BCUT2D eigenvalue weighted by atomic mass is 79.9. The molecule has 0 spiro atoms. The van der Waals surface area contributed by atoms with Gasteiger partial charge in [-0.25, -0.2) is 9.97 Å². The molecule has 1 fully saturated rings. The smallest absolute Gasteiger partial charge is 0.144 e. The van der Waals surface area contributed by atoms with Gasteiger partial charge in [0.1, 0.15) is 11.6 Å². The van der Waals surface area contributed by atoms with Crippen molar-refractivity contribution in [2.75, 3.05) is 12.4 Å². The maximum absolute atomic E-state index is 6.06. The molecule has 1 saturated carbocycles. The van der Waals surface area contributed by atoms with Crippen LogP contribution < -0.4 is 5.32 Å². The molecule has 0 bridgehead atoms. The molecule has 1 aromatic heterocycles. The lowest BCUT2D eigenvalue weighted by atomic mass is 10.1. The topological polar surface area (TPSA) is 37.8 Å². The van der Waals surface area contributed by atoms with Gasteiger partial charge in [0.15, 0.2) is 0 Å². The van der Waals surface area contributed by atoms with Crippen molar-refractivity contribution in [3.8, 4) is 0 Å². The minimum Gasteiger partial charge on any atom is -0.372 e. The Hall–Kier alpha value is -0.840. The number of aromatic nitrogens is 2. The molecule has 110 valence electrons. The van der Waals surface area contributed by atoms with E-state index in [-0.39, 0.29) is 0 Å². The lowest BCUT2D eigenvalue weighted by Gasteiger charge is -2.11. The van der Waals surface area contributed by atoms with Gasteiger partial charge in [-0.1, -0.05) is 29.3 Å². The average molecular weight is 387 g/mol. The minimum absolute atomic E-state index is 0.557. The van der Waals surface area contributed by atoms with Crippen molar-refractivity contribution in [1.82, 2.24) is 9.97 Å². The van der Waals surface area contributed by atoms with Gasteiger partial charge < -0.3 is 5.32 Å². The highest BCUT2D eigenvalue weighted by Gasteiger charge is 2.29. The van der Waals surface area contributed by atoms with Crippen molar-refractivity contribution in [2.24, 2.45) is 0 Å².